The average molecular weight is 279 g/mol. The first-order valence-electron chi connectivity index (χ1n) is 5.91. The number of aromatic nitrogens is 1. The molecule has 100 valence electrons. The number of thiophene rings is 1. The molecule has 19 heavy (non-hydrogen) atoms. The van der Waals surface area contributed by atoms with Gasteiger partial charge in [0, 0.05) is 17.6 Å². The van der Waals surface area contributed by atoms with Gasteiger partial charge in [-0.05, 0) is 24.4 Å². The maximum atomic E-state index is 14.0. The van der Waals surface area contributed by atoms with Gasteiger partial charge >= 0.3 is 0 Å². The Morgan fingerprint density at radius 1 is 1.47 bits per heavy atom. The van der Waals surface area contributed by atoms with E-state index in [1.54, 1.807) is 11.3 Å². The molecule has 1 amide bonds. The van der Waals surface area contributed by atoms with E-state index in [-0.39, 0.29) is 11.4 Å². The molecule has 0 atom stereocenters. The molecule has 0 unspecified atom stereocenters. The zero-order valence-corrected chi connectivity index (χ0v) is 11.3. The minimum atomic E-state index is -0.618. The summed E-state index contributed by atoms with van der Waals surface area (Å²) in [5.74, 6) is -0.952. The number of anilines is 1. The predicted molar refractivity (Wildman–Crippen MR) is 73.8 cm³/mol. The second-order valence-corrected chi connectivity index (χ2v) is 4.85. The van der Waals surface area contributed by atoms with Crippen LogP contribution in [0.25, 0.3) is 0 Å². The Morgan fingerprint density at radius 2 is 2.32 bits per heavy atom. The first-order valence-corrected chi connectivity index (χ1v) is 6.79. The highest BCUT2D eigenvalue weighted by Crippen LogP contribution is 2.15. The molecule has 0 spiro atoms. The SMILES string of the molecule is CCNc1nccc(C(=O)NCc2cccs2)c1F. The molecule has 2 rings (SSSR count). The van der Waals surface area contributed by atoms with Crippen molar-refractivity contribution >= 4 is 23.1 Å². The third-order valence-corrected chi connectivity index (χ3v) is 3.36. The molecular weight excluding hydrogens is 265 g/mol. The van der Waals surface area contributed by atoms with E-state index < -0.39 is 11.7 Å². The molecule has 0 bridgehead atoms. The number of nitrogens with zero attached hydrogens (tertiary/aromatic N) is 1. The molecule has 0 radical (unpaired) electrons. The fourth-order valence-electron chi connectivity index (χ4n) is 1.59. The van der Waals surface area contributed by atoms with Crippen LogP contribution in [-0.2, 0) is 6.54 Å². The van der Waals surface area contributed by atoms with Crippen LogP contribution in [-0.4, -0.2) is 17.4 Å². The second kappa shape index (κ2) is 6.29. The van der Waals surface area contributed by atoms with Crippen molar-refractivity contribution in [2.45, 2.75) is 13.5 Å². The van der Waals surface area contributed by atoms with Crippen LogP contribution in [0, 0.1) is 5.82 Å². The fraction of sp³-hybridized carbons (Fsp3) is 0.231. The smallest absolute Gasteiger partial charge is 0.254 e. The van der Waals surface area contributed by atoms with Gasteiger partial charge in [-0.2, -0.15) is 0 Å². The van der Waals surface area contributed by atoms with Crippen LogP contribution in [0.5, 0.6) is 0 Å². The van der Waals surface area contributed by atoms with Gasteiger partial charge in [-0.3, -0.25) is 4.79 Å². The van der Waals surface area contributed by atoms with Crippen LogP contribution in [0.15, 0.2) is 29.8 Å². The number of rotatable bonds is 5. The molecule has 0 saturated carbocycles. The molecule has 4 nitrogen and oxygen atoms in total. The number of carbonyl (C=O) groups excluding carboxylic acids is 1. The van der Waals surface area contributed by atoms with E-state index in [4.69, 9.17) is 0 Å². The van der Waals surface area contributed by atoms with Crippen molar-refractivity contribution in [3.63, 3.8) is 0 Å². The number of amides is 1. The number of carbonyl (C=O) groups is 1. The lowest BCUT2D eigenvalue weighted by Gasteiger charge is -2.08. The Kier molecular flexibility index (Phi) is 4.46. The molecule has 2 aromatic heterocycles. The van der Waals surface area contributed by atoms with Gasteiger partial charge < -0.3 is 10.6 Å². The van der Waals surface area contributed by atoms with E-state index in [0.29, 0.717) is 13.1 Å². The highest BCUT2D eigenvalue weighted by molar-refractivity contribution is 7.09. The molecule has 0 aliphatic carbocycles. The minimum absolute atomic E-state index is 0.00232. The molecule has 2 aromatic rings. The zero-order chi connectivity index (χ0) is 13.7. The summed E-state index contributed by atoms with van der Waals surface area (Å²) in [6.45, 7) is 2.78. The Bertz CT molecular complexity index is 557. The van der Waals surface area contributed by atoms with Gasteiger partial charge in [0.05, 0.1) is 12.1 Å². The quantitative estimate of drug-likeness (QED) is 0.884. The fourth-order valence-corrected chi connectivity index (χ4v) is 2.23. The van der Waals surface area contributed by atoms with E-state index in [9.17, 15) is 9.18 Å². The molecule has 0 aromatic carbocycles. The minimum Gasteiger partial charge on any atom is -0.368 e. The maximum absolute atomic E-state index is 14.0. The molecule has 0 aliphatic rings. The summed E-state index contributed by atoms with van der Waals surface area (Å²) in [4.78, 5) is 16.8. The van der Waals surface area contributed by atoms with Crippen molar-refractivity contribution < 1.29 is 9.18 Å². The van der Waals surface area contributed by atoms with Crippen molar-refractivity contribution in [1.82, 2.24) is 10.3 Å². The van der Waals surface area contributed by atoms with Crippen LogP contribution in [0.1, 0.15) is 22.2 Å². The van der Waals surface area contributed by atoms with Crippen molar-refractivity contribution in [3.8, 4) is 0 Å². The Hall–Kier alpha value is -1.95. The van der Waals surface area contributed by atoms with Crippen LogP contribution >= 0.6 is 11.3 Å². The highest BCUT2D eigenvalue weighted by Gasteiger charge is 2.15. The Morgan fingerprint density at radius 3 is 3.00 bits per heavy atom. The molecule has 2 N–H and O–H groups in total. The number of hydrogen-bond acceptors (Lipinski definition) is 4. The van der Waals surface area contributed by atoms with E-state index in [0.717, 1.165) is 4.88 Å². The summed E-state index contributed by atoms with van der Waals surface area (Å²) in [6, 6.07) is 5.19. The molecule has 6 heteroatoms. The third kappa shape index (κ3) is 3.29. The number of hydrogen-bond donors (Lipinski definition) is 2. The lowest BCUT2D eigenvalue weighted by molar-refractivity contribution is 0.0947. The number of halogens is 1. The first kappa shape index (κ1) is 13.5. The van der Waals surface area contributed by atoms with Gasteiger partial charge in [-0.15, -0.1) is 11.3 Å². The van der Waals surface area contributed by atoms with Crippen molar-refractivity contribution in [1.29, 1.82) is 0 Å². The zero-order valence-electron chi connectivity index (χ0n) is 10.4. The second-order valence-electron chi connectivity index (χ2n) is 3.81. The lowest BCUT2D eigenvalue weighted by atomic mass is 10.2. The van der Waals surface area contributed by atoms with Gasteiger partial charge in [0.2, 0.25) is 0 Å². The van der Waals surface area contributed by atoms with Gasteiger partial charge in [0.1, 0.15) is 0 Å². The van der Waals surface area contributed by atoms with Crippen molar-refractivity contribution in [2.24, 2.45) is 0 Å². The summed E-state index contributed by atoms with van der Waals surface area (Å²) in [6.07, 6.45) is 1.42. The summed E-state index contributed by atoms with van der Waals surface area (Å²) in [5, 5.41) is 7.39. The van der Waals surface area contributed by atoms with Gasteiger partial charge in [-0.1, -0.05) is 6.07 Å². The molecule has 0 saturated heterocycles. The van der Waals surface area contributed by atoms with E-state index in [2.05, 4.69) is 15.6 Å². The topological polar surface area (TPSA) is 54.0 Å². The predicted octanol–water partition coefficient (Wildman–Crippen LogP) is 2.64. The molecule has 0 aliphatic heterocycles. The van der Waals surface area contributed by atoms with Crippen LogP contribution in [0.4, 0.5) is 10.2 Å². The van der Waals surface area contributed by atoms with Gasteiger partial charge in [0.15, 0.2) is 11.6 Å². The average Bonchev–Trinajstić information content (AvgIpc) is 2.92. The monoisotopic (exact) mass is 279 g/mol. The van der Waals surface area contributed by atoms with Gasteiger partial charge in [-0.25, -0.2) is 9.37 Å². The Balaban J connectivity index is 2.08. The number of nitrogens with one attached hydrogen (secondary N) is 2. The molecule has 0 fully saturated rings. The summed E-state index contributed by atoms with van der Waals surface area (Å²) >= 11 is 1.54. The number of pyridine rings is 1. The van der Waals surface area contributed by atoms with E-state index >= 15 is 0 Å². The first-order chi connectivity index (χ1) is 9.22. The maximum Gasteiger partial charge on any atom is 0.254 e. The van der Waals surface area contributed by atoms with E-state index in [1.165, 1.54) is 12.3 Å². The summed E-state index contributed by atoms with van der Waals surface area (Å²) < 4.78 is 14.0. The van der Waals surface area contributed by atoms with E-state index in [1.807, 2.05) is 24.4 Å². The molecular formula is C13H14FN3OS. The largest absolute Gasteiger partial charge is 0.368 e. The highest BCUT2D eigenvalue weighted by atomic mass is 32.1. The Labute approximate surface area is 114 Å². The normalized spacial score (nSPS) is 10.2. The summed E-state index contributed by atoms with van der Waals surface area (Å²) in [7, 11) is 0. The van der Waals surface area contributed by atoms with Crippen LogP contribution < -0.4 is 10.6 Å². The van der Waals surface area contributed by atoms with Gasteiger partial charge in [0.25, 0.3) is 5.91 Å². The summed E-state index contributed by atoms with van der Waals surface area (Å²) in [5.41, 5.74) is 0.00232. The van der Waals surface area contributed by atoms with Crippen molar-refractivity contribution in [3.05, 3.63) is 46.0 Å². The third-order valence-electron chi connectivity index (χ3n) is 2.48. The standard InChI is InChI=1S/C13H14FN3OS/c1-2-15-12-11(14)10(5-6-16-12)13(18)17-8-9-4-3-7-19-9/h3-7H,2,8H2,1H3,(H,15,16)(H,17,18). The van der Waals surface area contributed by atoms with Crippen LogP contribution in [0.2, 0.25) is 0 Å². The van der Waals surface area contributed by atoms with Crippen molar-refractivity contribution in [2.75, 3.05) is 11.9 Å². The molecule has 2 heterocycles. The van der Waals surface area contributed by atoms with Crippen LogP contribution in [0.3, 0.4) is 0 Å². The lowest BCUT2D eigenvalue weighted by Crippen LogP contribution is -2.24.